The molecule has 0 bridgehead atoms. The average molecular weight is 383 g/mol. The summed E-state index contributed by atoms with van der Waals surface area (Å²) in [6.45, 7) is 0.737. The molecule has 4 rings (SSSR count). The normalized spacial score (nSPS) is 11.1. The van der Waals surface area contributed by atoms with Crippen molar-refractivity contribution >= 4 is 10.9 Å². The summed E-state index contributed by atoms with van der Waals surface area (Å²) < 4.78 is 0. The fourth-order valence-electron chi connectivity index (χ4n) is 3.61. The first-order valence-electron chi connectivity index (χ1n) is 10.0. The Labute approximate surface area is 171 Å². The van der Waals surface area contributed by atoms with E-state index in [1.54, 1.807) is 0 Å². The Hall–Kier alpha value is -3.08. The minimum absolute atomic E-state index is 0.210. The predicted molar refractivity (Wildman–Crippen MR) is 118 cm³/mol. The van der Waals surface area contributed by atoms with Gasteiger partial charge in [0.05, 0.1) is 11.2 Å². The summed E-state index contributed by atoms with van der Waals surface area (Å²) in [6.07, 6.45) is 4.35. The van der Waals surface area contributed by atoms with Gasteiger partial charge in [0.25, 0.3) is 0 Å². The van der Waals surface area contributed by atoms with Crippen LogP contribution in [-0.2, 0) is 13.0 Å². The number of benzene rings is 2. The van der Waals surface area contributed by atoms with Crippen LogP contribution < -0.4 is 5.73 Å². The lowest BCUT2D eigenvalue weighted by atomic mass is 9.96. The highest BCUT2D eigenvalue weighted by Crippen LogP contribution is 2.34. The molecule has 146 valence electrons. The van der Waals surface area contributed by atoms with E-state index in [1.165, 1.54) is 0 Å². The van der Waals surface area contributed by atoms with Gasteiger partial charge in [-0.05, 0) is 42.5 Å². The molecule has 2 heterocycles. The largest absolute Gasteiger partial charge is 0.396 e. The van der Waals surface area contributed by atoms with Crippen molar-refractivity contribution in [3.8, 4) is 22.4 Å². The summed E-state index contributed by atoms with van der Waals surface area (Å²) in [5, 5.41) is 10.2. The van der Waals surface area contributed by atoms with Gasteiger partial charge in [0.2, 0.25) is 0 Å². The van der Waals surface area contributed by atoms with E-state index >= 15 is 0 Å². The summed E-state index contributed by atoms with van der Waals surface area (Å²) in [6, 6.07) is 22.8. The molecule has 4 nitrogen and oxygen atoms in total. The summed E-state index contributed by atoms with van der Waals surface area (Å²) in [7, 11) is 0. The van der Waals surface area contributed by atoms with Crippen molar-refractivity contribution in [1.82, 2.24) is 9.97 Å². The number of hydrogen-bond donors (Lipinski definition) is 2. The van der Waals surface area contributed by atoms with Crippen LogP contribution in [0.25, 0.3) is 33.3 Å². The maximum Gasteiger partial charge on any atom is 0.0788 e. The van der Waals surface area contributed by atoms with E-state index in [0.29, 0.717) is 6.54 Å². The molecule has 4 aromatic rings. The van der Waals surface area contributed by atoms with Gasteiger partial charge in [0.15, 0.2) is 0 Å². The molecule has 3 N–H and O–H groups in total. The van der Waals surface area contributed by atoms with Crippen LogP contribution >= 0.6 is 0 Å². The molecular weight excluding hydrogens is 358 g/mol. The minimum Gasteiger partial charge on any atom is -0.396 e. The van der Waals surface area contributed by atoms with Crippen LogP contribution in [0.15, 0.2) is 72.9 Å². The molecule has 0 saturated carbocycles. The van der Waals surface area contributed by atoms with Gasteiger partial charge in [-0.1, -0.05) is 54.6 Å². The number of aliphatic hydroxyl groups is 1. The SMILES string of the molecule is NCc1ccc(-c2nc3ccnc(CCCCO)c3cc2-c2ccccc2)cc1. The van der Waals surface area contributed by atoms with E-state index < -0.39 is 0 Å². The van der Waals surface area contributed by atoms with E-state index in [4.69, 9.17) is 15.8 Å². The van der Waals surface area contributed by atoms with Crippen LogP contribution in [0.3, 0.4) is 0 Å². The van der Waals surface area contributed by atoms with Crippen molar-refractivity contribution in [2.75, 3.05) is 6.61 Å². The quantitative estimate of drug-likeness (QED) is 0.452. The summed E-state index contributed by atoms with van der Waals surface area (Å²) in [5.74, 6) is 0. The number of pyridine rings is 2. The van der Waals surface area contributed by atoms with Crippen LogP contribution in [0.2, 0.25) is 0 Å². The van der Waals surface area contributed by atoms with Gasteiger partial charge < -0.3 is 10.8 Å². The highest BCUT2D eigenvalue weighted by atomic mass is 16.2. The molecule has 0 radical (unpaired) electrons. The number of unbranched alkanes of at least 4 members (excludes halogenated alkanes) is 1. The molecule has 0 unspecified atom stereocenters. The van der Waals surface area contributed by atoms with Gasteiger partial charge in [-0.3, -0.25) is 4.98 Å². The Morgan fingerprint density at radius 2 is 1.66 bits per heavy atom. The van der Waals surface area contributed by atoms with Crippen molar-refractivity contribution in [3.05, 3.63) is 84.2 Å². The van der Waals surface area contributed by atoms with Gasteiger partial charge in [0, 0.05) is 41.6 Å². The smallest absolute Gasteiger partial charge is 0.0788 e. The topological polar surface area (TPSA) is 72.0 Å². The van der Waals surface area contributed by atoms with Gasteiger partial charge in [-0.2, -0.15) is 0 Å². The monoisotopic (exact) mass is 383 g/mol. The molecule has 0 aliphatic carbocycles. The number of aliphatic hydroxyl groups excluding tert-OH is 1. The molecule has 0 fully saturated rings. The second kappa shape index (κ2) is 8.95. The standard InChI is InChI=1S/C25H25N3O/c26-17-18-9-11-20(12-10-18)25-21(19-6-2-1-3-7-19)16-22-23(8-4-5-15-29)27-14-13-24(22)28-25/h1-3,6-7,9-14,16,29H,4-5,8,15,17,26H2. The van der Waals surface area contributed by atoms with Crippen LogP contribution in [0.5, 0.6) is 0 Å². The zero-order chi connectivity index (χ0) is 20.1. The predicted octanol–water partition coefficient (Wildman–Crippen LogP) is 4.74. The lowest BCUT2D eigenvalue weighted by Crippen LogP contribution is -1.98. The van der Waals surface area contributed by atoms with E-state index in [2.05, 4.69) is 47.4 Å². The highest BCUT2D eigenvalue weighted by Gasteiger charge is 2.14. The molecule has 0 aliphatic heterocycles. The fraction of sp³-hybridized carbons (Fsp3) is 0.200. The molecule has 4 heteroatoms. The first-order valence-corrected chi connectivity index (χ1v) is 10.0. The highest BCUT2D eigenvalue weighted by molar-refractivity contribution is 5.92. The van der Waals surface area contributed by atoms with Crippen molar-refractivity contribution in [2.24, 2.45) is 5.73 Å². The number of fused-ring (bicyclic) bond motifs is 1. The number of aryl methyl sites for hydroxylation is 1. The molecular formula is C25H25N3O. The van der Waals surface area contributed by atoms with Crippen molar-refractivity contribution < 1.29 is 5.11 Å². The Balaban J connectivity index is 1.89. The zero-order valence-corrected chi connectivity index (χ0v) is 16.4. The van der Waals surface area contributed by atoms with E-state index in [9.17, 15) is 0 Å². The van der Waals surface area contributed by atoms with Crippen LogP contribution in [-0.4, -0.2) is 21.7 Å². The first-order chi connectivity index (χ1) is 14.3. The first kappa shape index (κ1) is 19.2. The lowest BCUT2D eigenvalue weighted by Gasteiger charge is -2.14. The van der Waals surface area contributed by atoms with Gasteiger partial charge >= 0.3 is 0 Å². The zero-order valence-electron chi connectivity index (χ0n) is 16.4. The number of aromatic nitrogens is 2. The Kier molecular flexibility index (Phi) is 5.94. The molecule has 2 aromatic heterocycles. The summed E-state index contributed by atoms with van der Waals surface area (Å²) >= 11 is 0. The molecule has 0 atom stereocenters. The summed E-state index contributed by atoms with van der Waals surface area (Å²) in [5.41, 5.74) is 13.1. The van der Waals surface area contributed by atoms with E-state index in [0.717, 1.165) is 63.8 Å². The third-order valence-corrected chi connectivity index (χ3v) is 5.20. The van der Waals surface area contributed by atoms with Gasteiger partial charge in [-0.15, -0.1) is 0 Å². The fourth-order valence-corrected chi connectivity index (χ4v) is 3.61. The number of hydrogen-bond acceptors (Lipinski definition) is 4. The van der Waals surface area contributed by atoms with Crippen LogP contribution in [0.4, 0.5) is 0 Å². The van der Waals surface area contributed by atoms with E-state index in [-0.39, 0.29) is 6.61 Å². The molecule has 29 heavy (non-hydrogen) atoms. The van der Waals surface area contributed by atoms with Crippen molar-refractivity contribution in [1.29, 1.82) is 0 Å². The Morgan fingerprint density at radius 3 is 2.38 bits per heavy atom. The Bertz CT molecular complexity index is 1090. The second-order valence-corrected chi connectivity index (χ2v) is 7.16. The lowest BCUT2D eigenvalue weighted by molar-refractivity contribution is 0.284. The van der Waals surface area contributed by atoms with Crippen LogP contribution in [0, 0.1) is 0 Å². The maximum atomic E-state index is 9.11. The number of nitrogens with zero attached hydrogens (tertiary/aromatic N) is 2. The van der Waals surface area contributed by atoms with Crippen molar-refractivity contribution in [2.45, 2.75) is 25.8 Å². The maximum absolute atomic E-state index is 9.11. The van der Waals surface area contributed by atoms with Crippen molar-refractivity contribution in [3.63, 3.8) is 0 Å². The average Bonchev–Trinajstić information content (AvgIpc) is 2.79. The van der Waals surface area contributed by atoms with Crippen LogP contribution in [0.1, 0.15) is 24.1 Å². The van der Waals surface area contributed by atoms with E-state index in [1.807, 2.05) is 30.5 Å². The van der Waals surface area contributed by atoms with Gasteiger partial charge in [0.1, 0.15) is 0 Å². The second-order valence-electron chi connectivity index (χ2n) is 7.16. The third kappa shape index (κ3) is 4.19. The molecule has 2 aromatic carbocycles. The molecule has 0 amide bonds. The third-order valence-electron chi connectivity index (χ3n) is 5.20. The number of rotatable bonds is 7. The Morgan fingerprint density at radius 1 is 0.862 bits per heavy atom. The minimum atomic E-state index is 0.210. The molecule has 0 spiro atoms. The van der Waals surface area contributed by atoms with Gasteiger partial charge in [-0.25, -0.2) is 4.98 Å². The molecule has 0 aliphatic rings. The number of nitrogens with two attached hydrogens (primary N) is 1. The molecule has 0 saturated heterocycles. The summed E-state index contributed by atoms with van der Waals surface area (Å²) in [4.78, 5) is 9.65.